The van der Waals surface area contributed by atoms with E-state index in [4.69, 9.17) is 5.11 Å². The summed E-state index contributed by atoms with van der Waals surface area (Å²) in [6.07, 6.45) is 3.94. The number of hydrogen-bond acceptors (Lipinski definition) is 2. The largest absolute Gasteiger partial charge is 0.478 e. The minimum absolute atomic E-state index is 0.305. The first-order valence-corrected chi connectivity index (χ1v) is 5.98. The van der Waals surface area contributed by atoms with Crippen LogP contribution in [0.1, 0.15) is 29.4 Å². The maximum absolute atomic E-state index is 10.8. The van der Waals surface area contributed by atoms with E-state index in [0.717, 1.165) is 29.7 Å². The summed E-state index contributed by atoms with van der Waals surface area (Å²) in [4.78, 5) is 10.8. The van der Waals surface area contributed by atoms with Crippen molar-refractivity contribution >= 4 is 5.97 Å². The Balaban J connectivity index is 2.38. The number of nitrogens with zero attached hydrogens (tertiary/aromatic N) is 2. The molecule has 0 amide bonds. The molecule has 0 fully saturated rings. The van der Waals surface area contributed by atoms with Crippen LogP contribution in [-0.2, 0) is 13.5 Å². The Morgan fingerprint density at radius 2 is 2.00 bits per heavy atom. The van der Waals surface area contributed by atoms with Gasteiger partial charge in [0.15, 0.2) is 0 Å². The molecule has 2 rings (SSSR count). The van der Waals surface area contributed by atoms with Crippen LogP contribution in [0.4, 0.5) is 0 Å². The van der Waals surface area contributed by atoms with Crippen LogP contribution in [0, 0.1) is 0 Å². The molecule has 94 valence electrons. The molecule has 0 aliphatic heterocycles. The van der Waals surface area contributed by atoms with E-state index in [1.54, 1.807) is 16.8 Å². The fraction of sp³-hybridized carbons (Fsp3) is 0.286. The zero-order valence-corrected chi connectivity index (χ0v) is 10.6. The van der Waals surface area contributed by atoms with Gasteiger partial charge in [0.2, 0.25) is 0 Å². The summed E-state index contributed by atoms with van der Waals surface area (Å²) in [5.74, 6) is -0.901. The van der Waals surface area contributed by atoms with Crippen LogP contribution in [0.25, 0.3) is 11.1 Å². The number of rotatable bonds is 4. The first kappa shape index (κ1) is 12.4. The average Bonchev–Trinajstić information content (AvgIpc) is 2.71. The smallest absolute Gasteiger partial charge is 0.335 e. The summed E-state index contributed by atoms with van der Waals surface area (Å²) in [5, 5.41) is 13.3. The van der Waals surface area contributed by atoms with E-state index < -0.39 is 5.97 Å². The molecule has 0 saturated carbocycles. The van der Waals surface area contributed by atoms with Gasteiger partial charge in [-0.05, 0) is 24.1 Å². The quantitative estimate of drug-likeness (QED) is 0.899. The molecular weight excluding hydrogens is 228 g/mol. The molecule has 0 radical (unpaired) electrons. The first-order chi connectivity index (χ1) is 8.61. The van der Waals surface area contributed by atoms with Gasteiger partial charge < -0.3 is 5.11 Å². The highest BCUT2D eigenvalue weighted by atomic mass is 16.4. The summed E-state index contributed by atoms with van der Waals surface area (Å²) < 4.78 is 1.80. The van der Waals surface area contributed by atoms with Crippen molar-refractivity contribution in [1.82, 2.24) is 9.78 Å². The van der Waals surface area contributed by atoms with Gasteiger partial charge in [0.1, 0.15) is 0 Å². The van der Waals surface area contributed by atoms with Crippen LogP contribution in [-0.4, -0.2) is 20.9 Å². The fourth-order valence-electron chi connectivity index (χ4n) is 1.99. The molecule has 2 aromatic rings. The van der Waals surface area contributed by atoms with Crippen LogP contribution < -0.4 is 0 Å². The highest BCUT2D eigenvalue weighted by Crippen LogP contribution is 2.24. The first-order valence-electron chi connectivity index (χ1n) is 5.98. The van der Waals surface area contributed by atoms with Crippen molar-refractivity contribution in [3.63, 3.8) is 0 Å². The number of hydrogen-bond donors (Lipinski definition) is 1. The van der Waals surface area contributed by atoms with E-state index in [9.17, 15) is 4.79 Å². The van der Waals surface area contributed by atoms with E-state index >= 15 is 0 Å². The molecule has 0 aliphatic rings. The molecule has 4 nitrogen and oxygen atoms in total. The van der Waals surface area contributed by atoms with Gasteiger partial charge in [-0.25, -0.2) is 4.79 Å². The SMILES string of the molecule is CCCc1nn(C)cc1-c1ccc(C(=O)O)cc1. The monoisotopic (exact) mass is 244 g/mol. The van der Waals surface area contributed by atoms with Crippen molar-refractivity contribution in [3.05, 3.63) is 41.7 Å². The van der Waals surface area contributed by atoms with Crippen LogP contribution in [0.3, 0.4) is 0 Å². The zero-order valence-electron chi connectivity index (χ0n) is 10.6. The molecule has 1 aromatic carbocycles. The lowest BCUT2D eigenvalue weighted by Gasteiger charge is -2.02. The van der Waals surface area contributed by atoms with Gasteiger partial charge in [0.25, 0.3) is 0 Å². The van der Waals surface area contributed by atoms with Gasteiger partial charge in [-0.1, -0.05) is 25.5 Å². The second kappa shape index (κ2) is 5.04. The second-order valence-corrected chi connectivity index (χ2v) is 4.30. The molecular formula is C14H16N2O2. The highest BCUT2D eigenvalue weighted by Gasteiger charge is 2.10. The number of carboxylic acids is 1. The molecule has 0 atom stereocenters. The van der Waals surface area contributed by atoms with Gasteiger partial charge in [-0.3, -0.25) is 4.68 Å². The van der Waals surface area contributed by atoms with Crippen LogP contribution >= 0.6 is 0 Å². The molecule has 0 bridgehead atoms. The molecule has 4 heteroatoms. The Bertz CT molecular complexity index is 556. The van der Waals surface area contributed by atoms with E-state index in [-0.39, 0.29) is 0 Å². The summed E-state index contributed by atoms with van der Waals surface area (Å²) in [6.45, 7) is 2.12. The molecule has 0 saturated heterocycles. The molecule has 1 heterocycles. The topological polar surface area (TPSA) is 55.1 Å². The number of carboxylic acid groups (broad SMARTS) is 1. The fourth-order valence-corrected chi connectivity index (χ4v) is 1.99. The van der Waals surface area contributed by atoms with Gasteiger partial charge in [0, 0.05) is 18.8 Å². The maximum Gasteiger partial charge on any atom is 0.335 e. The Morgan fingerprint density at radius 1 is 1.33 bits per heavy atom. The predicted octanol–water partition coefficient (Wildman–Crippen LogP) is 2.74. The van der Waals surface area contributed by atoms with Crippen LogP contribution in [0.2, 0.25) is 0 Å². The summed E-state index contributed by atoms with van der Waals surface area (Å²) in [7, 11) is 1.90. The lowest BCUT2D eigenvalue weighted by atomic mass is 10.0. The molecule has 1 N–H and O–H groups in total. The summed E-state index contributed by atoms with van der Waals surface area (Å²) in [5.41, 5.74) is 3.45. The van der Waals surface area contributed by atoms with Crippen LogP contribution in [0.5, 0.6) is 0 Å². The minimum Gasteiger partial charge on any atom is -0.478 e. The van der Waals surface area contributed by atoms with Gasteiger partial charge in [-0.2, -0.15) is 5.10 Å². The Labute approximate surface area is 106 Å². The predicted molar refractivity (Wildman–Crippen MR) is 69.6 cm³/mol. The third-order valence-corrected chi connectivity index (χ3v) is 2.83. The zero-order chi connectivity index (χ0) is 13.1. The van der Waals surface area contributed by atoms with Crippen LogP contribution in [0.15, 0.2) is 30.5 Å². The minimum atomic E-state index is -0.901. The number of aromatic carboxylic acids is 1. The second-order valence-electron chi connectivity index (χ2n) is 4.30. The Hall–Kier alpha value is -2.10. The van der Waals surface area contributed by atoms with Crippen molar-refractivity contribution in [1.29, 1.82) is 0 Å². The van der Waals surface area contributed by atoms with E-state index in [1.165, 1.54) is 0 Å². The number of aromatic nitrogens is 2. The number of benzene rings is 1. The summed E-state index contributed by atoms with van der Waals surface area (Å²) >= 11 is 0. The third kappa shape index (κ3) is 2.42. The maximum atomic E-state index is 10.8. The lowest BCUT2D eigenvalue weighted by molar-refractivity contribution is 0.0697. The molecule has 0 unspecified atom stereocenters. The van der Waals surface area contributed by atoms with Crippen molar-refractivity contribution < 1.29 is 9.90 Å². The van der Waals surface area contributed by atoms with E-state index in [0.29, 0.717) is 5.56 Å². The Kier molecular flexibility index (Phi) is 3.46. The van der Waals surface area contributed by atoms with Crippen molar-refractivity contribution in [2.45, 2.75) is 19.8 Å². The average molecular weight is 244 g/mol. The third-order valence-electron chi connectivity index (χ3n) is 2.83. The van der Waals surface area contributed by atoms with Crippen molar-refractivity contribution in [2.75, 3.05) is 0 Å². The van der Waals surface area contributed by atoms with Gasteiger partial charge in [-0.15, -0.1) is 0 Å². The number of aryl methyl sites for hydroxylation is 2. The number of carbonyl (C=O) groups is 1. The van der Waals surface area contributed by atoms with E-state index in [1.807, 2.05) is 25.4 Å². The van der Waals surface area contributed by atoms with Gasteiger partial charge in [0.05, 0.1) is 11.3 Å². The van der Waals surface area contributed by atoms with Crippen molar-refractivity contribution in [3.8, 4) is 11.1 Å². The molecule has 1 aromatic heterocycles. The van der Waals surface area contributed by atoms with Crippen molar-refractivity contribution in [2.24, 2.45) is 7.05 Å². The standard InChI is InChI=1S/C14H16N2O2/c1-3-4-13-12(9-16(2)15-13)10-5-7-11(8-6-10)14(17)18/h5-9H,3-4H2,1-2H3,(H,17,18). The lowest BCUT2D eigenvalue weighted by Crippen LogP contribution is -1.95. The highest BCUT2D eigenvalue weighted by molar-refractivity contribution is 5.88. The molecule has 18 heavy (non-hydrogen) atoms. The molecule has 0 spiro atoms. The normalized spacial score (nSPS) is 10.6. The van der Waals surface area contributed by atoms with Gasteiger partial charge >= 0.3 is 5.97 Å². The molecule has 0 aliphatic carbocycles. The summed E-state index contributed by atoms with van der Waals surface area (Å²) in [6, 6.07) is 6.92. The van der Waals surface area contributed by atoms with E-state index in [2.05, 4.69) is 12.0 Å². The Morgan fingerprint density at radius 3 is 2.56 bits per heavy atom.